The van der Waals surface area contributed by atoms with E-state index in [2.05, 4.69) is 41.9 Å². The molecule has 1 aromatic heterocycles. The predicted molar refractivity (Wildman–Crippen MR) is 97.9 cm³/mol. The molecule has 0 unspecified atom stereocenters. The van der Waals surface area contributed by atoms with E-state index < -0.39 is 0 Å². The zero-order valence-corrected chi connectivity index (χ0v) is 14.4. The fraction of sp³-hybridized carbons (Fsp3) is 0.211. The zero-order chi connectivity index (χ0) is 16.2. The number of aromatic nitrogens is 1. The van der Waals surface area contributed by atoms with Crippen molar-refractivity contribution in [2.24, 2.45) is 0 Å². The average Bonchev–Trinajstić information content (AvgIpc) is 3.04. The molecule has 1 heterocycles. The Balaban J connectivity index is 1.84. The van der Waals surface area contributed by atoms with Crippen LogP contribution in [0, 0.1) is 6.92 Å². The molecule has 0 aliphatic carbocycles. The lowest BCUT2D eigenvalue weighted by Gasteiger charge is -2.08. The predicted octanol–water partition coefficient (Wildman–Crippen LogP) is 5.43. The summed E-state index contributed by atoms with van der Waals surface area (Å²) in [6, 6.07) is 14.5. The van der Waals surface area contributed by atoms with Crippen molar-refractivity contribution in [1.82, 2.24) is 4.98 Å². The Hall–Kier alpha value is -2.33. The topological polar surface area (TPSA) is 34.2 Å². The molecule has 0 radical (unpaired) electrons. The van der Waals surface area contributed by atoms with Gasteiger partial charge in [0.2, 0.25) is 0 Å². The highest BCUT2D eigenvalue weighted by molar-refractivity contribution is 7.14. The maximum Gasteiger partial charge on any atom is 0.187 e. The van der Waals surface area contributed by atoms with Gasteiger partial charge in [0.05, 0.1) is 12.8 Å². The second-order valence-electron chi connectivity index (χ2n) is 5.36. The Morgan fingerprint density at radius 3 is 2.74 bits per heavy atom. The van der Waals surface area contributed by atoms with Gasteiger partial charge in [-0.3, -0.25) is 0 Å². The first kappa shape index (κ1) is 15.6. The van der Waals surface area contributed by atoms with Crippen LogP contribution in [-0.2, 0) is 6.42 Å². The third kappa shape index (κ3) is 3.37. The molecule has 0 atom stereocenters. The SMILES string of the molecule is CCc1ccccc1Nc1nc(-c2ccc(OC)c(C)c2)cs1. The smallest absolute Gasteiger partial charge is 0.187 e. The maximum absolute atomic E-state index is 5.32. The quantitative estimate of drug-likeness (QED) is 0.679. The van der Waals surface area contributed by atoms with Gasteiger partial charge in [-0.15, -0.1) is 11.3 Å². The van der Waals surface area contributed by atoms with E-state index in [0.29, 0.717) is 0 Å². The van der Waals surface area contributed by atoms with Crippen LogP contribution in [0.3, 0.4) is 0 Å². The van der Waals surface area contributed by atoms with Crippen LogP contribution in [0.2, 0.25) is 0 Å². The van der Waals surface area contributed by atoms with Crippen LogP contribution in [0.1, 0.15) is 18.1 Å². The Morgan fingerprint density at radius 1 is 1.17 bits per heavy atom. The van der Waals surface area contributed by atoms with Gasteiger partial charge in [0, 0.05) is 16.6 Å². The van der Waals surface area contributed by atoms with Gasteiger partial charge in [-0.05, 0) is 48.7 Å². The Kier molecular flexibility index (Phi) is 4.63. The summed E-state index contributed by atoms with van der Waals surface area (Å²) < 4.78 is 5.32. The summed E-state index contributed by atoms with van der Waals surface area (Å²) in [6.07, 6.45) is 0.999. The Bertz CT molecular complexity index is 811. The molecule has 118 valence electrons. The number of hydrogen-bond donors (Lipinski definition) is 1. The fourth-order valence-corrected chi connectivity index (χ4v) is 3.30. The van der Waals surface area contributed by atoms with E-state index in [1.54, 1.807) is 18.4 Å². The van der Waals surface area contributed by atoms with Gasteiger partial charge >= 0.3 is 0 Å². The summed E-state index contributed by atoms with van der Waals surface area (Å²) in [5, 5.41) is 6.43. The summed E-state index contributed by atoms with van der Waals surface area (Å²) in [6.45, 7) is 4.21. The second kappa shape index (κ2) is 6.84. The summed E-state index contributed by atoms with van der Waals surface area (Å²) in [5.41, 5.74) is 5.63. The standard InChI is InChI=1S/C19H20N2OS/c1-4-14-7-5-6-8-16(14)20-19-21-17(12-23-19)15-9-10-18(22-3)13(2)11-15/h5-12H,4H2,1-3H3,(H,20,21). The molecular formula is C19H20N2OS. The molecule has 2 aromatic carbocycles. The molecule has 0 saturated heterocycles. The summed E-state index contributed by atoms with van der Waals surface area (Å²) in [7, 11) is 1.69. The molecule has 23 heavy (non-hydrogen) atoms. The summed E-state index contributed by atoms with van der Waals surface area (Å²) in [4.78, 5) is 4.71. The van der Waals surface area contributed by atoms with Crippen molar-refractivity contribution >= 4 is 22.2 Å². The van der Waals surface area contributed by atoms with E-state index in [-0.39, 0.29) is 0 Å². The minimum Gasteiger partial charge on any atom is -0.496 e. The highest BCUT2D eigenvalue weighted by Crippen LogP contribution is 2.30. The number of aryl methyl sites for hydroxylation is 2. The van der Waals surface area contributed by atoms with Crippen molar-refractivity contribution in [3.8, 4) is 17.0 Å². The number of rotatable bonds is 5. The van der Waals surface area contributed by atoms with Gasteiger partial charge in [0.1, 0.15) is 5.75 Å². The number of nitrogens with one attached hydrogen (secondary N) is 1. The molecule has 3 nitrogen and oxygen atoms in total. The molecule has 4 heteroatoms. The van der Waals surface area contributed by atoms with E-state index in [4.69, 9.17) is 9.72 Å². The Morgan fingerprint density at radius 2 is 2.00 bits per heavy atom. The van der Waals surface area contributed by atoms with Crippen molar-refractivity contribution in [3.05, 3.63) is 59.0 Å². The number of ether oxygens (including phenoxy) is 1. The normalized spacial score (nSPS) is 10.6. The van der Waals surface area contributed by atoms with Gasteiger partial charge in [-0.2, -0.15) is 0 Å². The highest BCUT2D eigenvalue weighted by Gasteiger charge is 2.08. The zero-order valence-electron chi connectivity index (χ0n) is 13.6. The fourth-order valence-electron chi connectivity index (χ4n) is 2.57. The van der Waals surface area contributed by atoms with Gasteiger partial charge in [-0.25, -0.2) is 4.98 Å². The molecule has 1 N–H and O–H groups in total. The van der Waals surface area contributed by atoms with Crippen LogP contribution in [-0.4, -0.2) is 12.1 Å². The van der Waals surface area contributed by atoms with Crippen LogP contribution in [0.5, 0.6) is 5.75 Å². The molecule has 0 spiro atoms. The lowest BCUT2D eigenvalue weighted by molar-refractivity contribution is 0.412. The van der Waals surface area contributed by atoms with Gasteiger partial charge in [0.15, 0.2) is 5.13 Å². The summed E-state index contributed by atoms with van der Waals surface area (Å²) in [5.74, 6) is 0.902. The number of thiazole rings is 1. The molecule has 0 fully saturated rings. The monoisotopic (exact) mass is 324 g/mol. The van der Waals surface area contributed by atoms with Crippen molar-refractivity contribution in [2.75, 3.05) is 12.4 Å². The van der Waals surface area contributed by atoms with Crippen molar-refractivity contribution < 1.29 is 4.74 Å². The number of anilines is 2. The van der Waals surface area contributed by atoms with Crippen molar-refractivity contribution in [2.45, 2.75) is 20.3 Å². The molecule has 0 aliphatic rings. The lowest BCUT2D eigenvalue weighted by Crippen LogP contribution is -1.94. The maximum atomic E-state index is 5.32. The van der Waals surface area contributed by atoms with Crippen LogP contribution < -0.4 is 10.1 Å². The largest absolute Gasteiger partial charge is 0.496 e. The van der Waals surface area contributed by atoms with E-state index in [1.807, 2.05) is 25.1 Å². The molecule has 0 bridgehead atoms. The van der Waals surface area contributed by atoms with Gasteiger partial charge in [-0.1, -0.05) is 25.1 Å². The lowest BCUT2D eigenvalue weighted by atomic mass is 10.1. The van der Waals surface area contributed by atoms with Crippen LogP contribution in [0.15, 0.2) is 47.8 Å². The molecule has 3 aromatic rings. The molecule has 3 rings (SSSR count). The van der Waals surface area contributed by atoms with Crippen LogP contribution in [0.4, 0.5) is 10.8 Å². The molecular weight excluding hydrogens is 304 g/mol. The third-order valence-electron chi connectivity index (χ3n) is 3.83. The average molecular weight is 324 g/mol. The number of benzene rings is 2. The second-order valence-corrected chi connectivity index (χ2v) is 6.22. The first-order chi connectivity index (χ1) is 11.2. The number of hydrogen-bond acceptors (Lipinski definition) is 4. The summed E-state index contributed by atoms with van der Waals surface area (Å²) >= 11 is 1.62. The number of para-hydroxylation sites is 1. The first-order valence-corrected chi connectivity index (χ1v) is 8.54. The van der Waals surface area contributed by atoms with Crippen LogP contribution >= 0.6 is 11.3 Å². The molecule has 0 saturated carbocycles. The third-order valence-corrected chi connectivity index (χ3v) is 4.59. The number of nitrogens with zero attached hydrogens (tertiary/aromatic N) is 1. The molecule has 0 aliphatic heterocycles. The van der Waals surface area contributed by atoms with E-state index in [0.717, 1.165) is 39.8 Å². The minimum absolute atomic E-state index is 0.902. The van der Waals surface area contributed by atoms with Gasteiger partial charge in [0.25, 0.3) is 0 Å². The van der Waals surface area contributed by atoms with E-state index >= 15 is 0 Å². The van der Waals surface area contributed by atoms with Gasteiger partial charge < -0.3 is 10.1 Å². The highest BCUT2D eigenvalue weighted by atomic mass is 32.1. The van der Waals surface area contributed by atoms with Crippen LogP contribution in [0.25, 0.3) is 11.3 Å². The molecule has 0 amide bonds. The van der Waals surface area contributed by atoms with E-state index in [1.165, 1.54) is 5.56 Å². The minimum atomic E-state index is 0.902. The van der Waals surface area contributed by atoms with Crippen molar-refractivity contribution in [3.63, 3.8) is 0 Å². The number of methoxy groups -OCH3 is 1. The Labute approximate surface area is 141 Å². The first-order valence-electron chi connectivity index (χ1n) is 7.66. The van der Waals surface area contributed by atoms with E-state index in [9.17, 15) is 0 Å². The van der Waals surface area contributed by atoms with Crippen molar-refractivity contribution in [1.29, 1.82) is 0 Å².